The summed E-state index contributed by atoms with van der Waals surface area (Å²) in [5.41, 5.74) is 2.01. The molecule has 0 N–H and O–H groups in total. The zero-order valence-electron chi connectivity index (χ0n) is 13.5. The molecule has 1 atom stereocenters. The Kier molecular flexibility index (Phi) is 5.03. The fraction of sp³-hybridized carbons (Fsp3) is 0.438. The molecule has 2 rings (SSSR count). The molecule has 0 aliphatic carbocycles. The predicted molar refractivity (Wildman–Crippen MR) is 87.0 cm³/mol. The maximum atomic E-state index is 12.6. The molecule has 0 amide bonds. The molecule has 1 aromatic carbocycles. The minimum Gasteiger partial charge on any atom is -0.271 e. The number of benzene rings is 1. The maximum absolute atomic E-state index is 12.6. The van der Waals surface area contributed by atoms with E-state index in [1.165, 1.54) is 4.31 Å². The predicted octanol–water partition coefficient (Wildman–Crippen LogP) is 2.75. The fourth-order valence-corrected chi connectivity index (χ4v) is 3.40. The first-order chi connectivity index (χ1) is 10.4. The minimum absolute atomic E-state index is 0.298. The highest BCUT2D eigenvalue weighted by Gasteiger charge is 2.21. The van der Waals surface area contributed by atoms with E-state index in [9.17, 15) is 8.42 Å². The van der Waals surface area contributed by atoms with E-state index in [0.29, 0.717) is 17.4 Å². The van der Waals surface area contributed by atoms with Gasteiger partial charge in [-0.25, -0.2) is 8.42 Å². The van der Waals surface area contributed by atoms with Gasteiger partial charge in [-0.1, -0.05) is 26.0 Å². The first kappa shape index (κ1) is 16.7. The van der Waals surface area contributed by atoms with Gasteiger partial charge in [0.2, 0.25) is 10.0 Å². The van der Waals surface area contributed by atoms with E-state index >= 15 is 0 Å². The van der Waals surface area contributed by atoms with Gasteiger partial charge < -0.3 is 0 Å². The average molecular weight is 321 g/mol. The average Bonchev–Trinajstić information content (AvgIpc) is 2.91. The Bertz CT molecular complexity index is 720. The summed E-state index contributed by atoms with van der Waals surface area (Å²) in [6.45, 7) is 4.56. The van der Waals surface area contributed by atoms with Crippen molar-refractivity contribution in [2.24, 2.45) is 7.05 Å². The zero-order chi connectivity index (χ0) is 16.3. The summed E-state index contributed by atoms with van der Waals surface area (Å²) in [5.74, 6) is 0.434. The molecule has 6 heteroatoms. The summed E-state index contributed by atoms with van der Waals surface area (Å²) in [4.78, 5) is 0.323. The molecule has 2 aromatic rings. The number of rotatable bonds is 6. The third-order valence-electron chi connectivity index (χ3n) is 4.08. The molecular formula is C16H23N3O2S. The summed E-state index contributed by atoms with van der Waals surface area (Å²) >= 11 is 0. The molecule has 120 valence electrons. The lowest BCUT2D eigenvalue weighted by Gasteiger charge is -2.18. The first-order valence-electron chi connectivity index (χ1n) is 7.39. The van der Waals surface area contributed by atoms with Gasteiger partial charge in [-0.15, -0.1) is 0 Å². The summed E-state index contributed by atoms with van der Waals surface area (Å²) in [6, 6.07) is 9.00. The normalized spacial score (nSPS) is 13.5. The monoisotopic (exact) mass is 321 g/mol. The van der Waals surface area contributed by atoms with Crippen LogP contribution in [0.15, 0.2) is 41.4 Å². The molecule has 5 nitrogen and oxygen atoms in total. The van der Waals surface area contributed by atoms with Crippen molar-refractivity contribution in [3.05, 3.63) is 47.8 Å². The Morgan fingerprint density at radius 2 is 1.86 bits per heavy atom. The topological polar surface area (TPSA) is 55.2 Å². The van der Waals surface area contributed by atoms with Gasteiger partial charge in [-0.3, -0.25) is 4.68 Å². The third kappa shape index (κ3) is 3.39. The molecular weight excluding hydrogens is 298 g/mol. The number of sulfonamides is 1. The van der Waals surface area contributed by atoms with Crippen molar-refractivity contribution < 1.29 is 8.42 Å². The summed E-state index contributed by atoms with van der Waals surface area (Å²) < 4.78 is 28.3. The van der Waals surface area contributed by atoms with Crippen LogP contribution in [0.1, 0.15) is 37.4 Å². The van der Waals surface area contributed by atoms with E-state index < -0.39 is 10.0 Å². The molecule has 0 unspecified atom stereocenters. The number of hydrogen-bond donors (Lipinski definition) is 0. The van der Waals surface area contributed by atoms with Gasteiger partial charge in [0.05, 0.1) is 17.1 Å². The van der Waals surface area contributed by atoms with E-state index in [-0.39, 0.29) is 0 Å². The molecule has 1 aromatic heterocycles. The van der Waals surface area contributed by atoms with E-state index in [0.717, 1.165) is 17.7 Å². The molecule has 1 heterocycles. The highest BCUT2D eigenvalue weighted by Crippen LogP contribution is 2.22. The van der Waals surface area contributed by atoms with Crippen LogP contribution in [-0.4, -0.2) is 29.6 Å². The van der Waals surface area contributed by atoms with Crippen LogP contribution in [0.2, 0.25) is 0 Å². The Balaban J connectivity index is 2.20. The van der Waals surface area contributed by atoms with Crippen molar-refractivity contribution >= 4 is 10.0 Å². The Hall–Kier alpha value is -1.66. The van der Waals surface area contributed by atoms with Crippen LogP contribution >= 0.6 is 0 Å². The Morgan fingerprint density at radius 1 is 1.23 bits per heavy atom. The van der Waals surface area contributed by atoms with E-state index in [4.69, 9.17) is 0 Å². The number of nitrogens with zero attached hydrogens (tertiary/aromatic N) is 3. The highest BCUT2D eigenvalue weighted by molar-refractivity contribution is 7.89. The van der Waals surface area contributed by atoms with Crippen molar-refractivity contribution in [2.45, 2.75) is 37.6 Å². The second kappa shape index (κ2) is 6.62. The van der Waals surface area contributed by atoms with E-state index in [2.05, 4.69) is 18.9 Å². The van der Waals surface area contributed by atoms with Gasteiger partial charge in [0.25, 0.3) is 0 Å². The number of hydrogen-bond acceptors (Lipinski definition) is 3. The smallest absolute Gasteiger partial charge is 0.243 e. The molecule has 0 saturated heterocycles. The van der Waals surface area contributed by atoms with Gasteiger partial charge >= 0.3 is 0 Å². The highest BCUT2D eigenvalue weighted by atomic mass is 32.2. The zero-order valence-corrected chi connectivity index (χ0v) is 14.3. The SMILES string of the molecule is CC[C@@H](C)c1ccc(S(=O)(=O)N(C)Cc2ccnn2C)cc1. The van der Waals surface area contributed by atoms with Crippen molar-refractivity contribution in [3.8, 4) is 0 Å². The maximum Gasteiger partial charge on any atom is 0.243 e. The van der Waals surface area contributed by atoms with Gasteiger partial charge in [-0.2, -0.15) is 9.40 Å². The van der Waals surface area contributed by atoms with Crippen LogP contribution in [-0.2, 0) is 23.6 Å². The third-order valence-corrected chi connectivity index (χ3v) is 5.89. The van der Waals surface area contributed by atoms with Crippen LogP contribution in [0, 0.1) is 0 Å². The van der Waals surface area contributed by atoms with Crippen LogP contribution in [0.25, 0.3) is 0 Å². The van der Waals surface area contributed by atoms with Gasteiger partial charge in [0, 0.05) is 20.3 Å². The van der Waals surface area contributed by atoms with E-state index in [1.807, 2.05) is 18.2 Å². The second-order valence-electron chi connectivity index (χ2n) is 5.59. The number of aromatic nitrogens is 2. The molecule has 0 aliphatic rings. The molecule has 0 spiro atoms. The summed E-state index contributed by atoms with van der Waals surface area (Å²) in [6.07, 6.45) is 2.70. The fourth-order valence-electron chi connectivity index (χ4n) is 2.25. The van der Waals surface area contributed by atoms with Crippen molar-refractivity contribution in [1.82, 2.24) is 14.1 Å². The molecule has 0 aliphatic heterocycles. The van der Waals surface area contributed by atoms with Gasteiger partial charge in [-0.05, 0) is 36.1 Å². The minimum atomic E-state index is -3.49. The largest absolute Gasteiger partial charge is 0.271 e. The summed E-state index contributed by atoms with van der Waals surface area (Å²) in [7, 11) is -0.0983. The van der Waals surface area contributed by atoms with Crippen LogP contribution in [0.3, 0.4) is 0 Å². The molecule has 0 fully saturated rings. The molecule has 0 radical (unpaired) electrons. The van der Waals surface area contributed by atoms with Gasteiger partial charge in [0.15, 0.2) is 0 Å². The van der Waals surface area contributed by atoms with Crippen molar-refractivity contribution in [2.75, 3.05) is 7.05 Å². The summed E-state index contributed by atoms with van der Waals surface area (Å²) in [5, 5.41) is 4.06. The lowest BCUT2D eigenvalue weighted by atomic mass is 9.99. The van der Waals surface area contributed by atoms with Crippen molar-refractivity contribution in [3.63, 3.8) is 0 Å². The molecule has 0 saturated carbocycles. The van der Waals surface area contributed by atoms with Gasteiger partial charge in [0.1, 0.15) is 0 Å². The Labute approximate surface area is 132 Å². The lowest BCUT2D eigenvalue weighted by Crippen LogP contribution is -2.27. The number of aryl methyl sites for hydroxylation is 1. The van der Waals surface area contributed by atoms with Crippen LogP contribution < -0.4 is 0 Å². The molecule has 0 bridgehead atoms. The first-order valence-corrected chi connectivity index (χ1v) is 8.83. The van der Waals surface area contributed by atoms with Crippen LogP contribution in [0.5, 0.6) is 0 Å². The second-order valence-corrected chi connectivity index (χ2v) is 7.63. The van der Waals surface area contributed by atoms with E-state index in [1.54, 1.807) is 37.1 Å². The Morgan fingerprint density at radius 3 is 2.36 bits per heavy atom. The standard InChI is InChI=1S/C16H23N3O2S/c1-5-13(2)14-6-8-16(9-7-14)22(20,21)18(3)12-15-10-11-17-19(15)4/h6-11,13H,5,12H2,1-4H3/t13-/m1/s1. The quantitative estimate of drug-likeness (QED) is 0.822. The van der Waals surface area contributed by atoms with Crippen molar-refractivity contribution in [1.29, 1.82) is 0 Å². The molecule has 22 heavy (non-hydrogen) atoms. The lowest BCUT2D eigenvalue weighted by molar-refractivity contribution is 0.453. The van der Waals surface area contributed by atoms with Crippen LogP contribution in [0.4, 0.5) is 0 Å².